The smallest absolute Gasteiger partial charge is 0.427 e. The summed E-state index contributed by atoms with van der Waals surface area (Å²) in [4.78, 5) is 77.0. The summed E-state index contributed by atoms with van der Waals surface area (Å²) >= 11 is 18.2. The highest BCUT2D eigenvalue weighted by atomic mass is 35.5. The number of carbonyl (C=O) groups is 6. The predicted molar refractivity (Wildman–Crippen MR) is 275 cm³/mol. The minimum Gasteiger partial charge on any atom is -0.427 e. The first-order valence-corrected chi connectivity index (χ1v) is 23.9. The molecule has 1 aliphatic heterocycles. The van der Waals surface area contributed by atoms with Crippen molar-refractivity contribution in [2.24, 2.45) is 16.5 Å². The number of rotatable bonds is 9. The zero-order valence-corrected chi connectivity index (χ0v) is 44.2. The second-order valence-electron chi connectivity index (χ2n) is 16.7. The van der Waals surface area contributed by atoms with Gasteiger partial charge in [0.05, 0.1) is 22.1 Å². The van der Waals surface area contributed by atoms with E-state index in [1.165, 1.54) is 29.6 Å². The molecule has 1 fully saturated rings. The molecule has 0 spiro atoms. The number of carbonyl (C=O) groups excluding carboxylic acids is 6. The number of nitrogens with zero attached hydrogens (tertiary/aromatic N) is 3. The van der Waals surface area contributed by atoms with Crippen LogP contribution < -0.4 is 42.4 Å². The molecule has 16 nitrogen and oxygen atoms in total. The molecule has 10 amide bonds. The number of amides is 10. The summed E-state index contributed by atoms with van der Waals surface area (Å²) in [6.07, 6.45) is -16.4. The fraction of sp³-hybridized carbons (Fsp3) is 0.229. The van der Waals surface area contributed by atoms with Crippen LogP contribution in [-0.4, -0.2) is 81.9 Å². The van der Waals surface area contributed by atoms with Crippen molar-refractivity contribution >= 4 is 105 Å². The molecule has 1 heterocycles. The number of benzene rings is 5. The molecule has 1 saturated heterocycles. The average molecular weight is 1210 g/mol. The molecule has 8 N–H and O–H groups in total. The topological polar surface area (TPSA) is 231 Å². The quantitative estimate of drug-likeness (QED) is 0.0612. The maximum atomic E-state index is 14.3. The number of halogens is 14. The molecular formula is C48H43Cl3F11N9O7S. The highest BCUT2D eigenvalue weighted by molar-refractivity contribution is 8.14. The summed E-state index contributed by atoms with van der Waals surface area (Å²) in [5.74, 6) is -10.3. The van der Waals surface area contributed by atoms with Gasteiger partial charge in [0.1, 0.15) is 39.4 Å². The van der Waals surface area contributed by atoms with Crippen molar-refractivity contribution in [1.82, 2.24) is 15.5 Å². The Bertz CT molecular complexity index is 3010. The maximum Gasteiger partial charge on any atom is 0.439 e. The van der Waals surface area contributed by atoms with Crippen molar-refractivity contribution in [2.45, 2.75) is 64.7 Å². The average Bonchev–Trinajstić information content (AvgIpc) is 3.33. The Morgan fingerprint density at radius 3 is 1.59 bits per heavy atom. The molecule has 6 rings (SSSR count). The Hall–Kier alpha value is -7.56. The molecule has 0 aromatic heterocycles. The van der Waals surface area contributed by atoms with E-state index in [0.717, 1.165) is 35.1 Å². The Morgan fingerprint density at radius 1 is 0.709 bits per heavy atom. The number of nitrogens with one attached hydrogen (secondary N) is 4. The highest BCUT2D eigenvalue weighted by Crippen LogP contribution is 2.44. The SMILES string of the molecule is CC(C)N1C(=O)N(c2ccccc2)CSC1=NC(C)(C)C.NC(N)=O.O=C(NC(=O)c1c(F)cccc1F)Nc1cc(Cl)c(OC(F)(F)C(F)C(F)(F)F)c(Cl)c1F.O=C(NC(=O)c1c(F)cccc1F)Nc1ccc(Cl)cc1. The third-order valence-electron chi connectivity index (χ3n) is 9.10. The summed E-state index contributed by atoms with van der Waals surface area (Å²) in [7, 11) is 0. The van der Waals surface area contributed by atoms with Gasteiger partial charge >= 0.3 is 36.4 Å². The van der Waals surface area contributed by atoms with Crippen LogP contribution in [0.3, 0.4) is 0 Å². The molecule has 31 heteroatoms. The Labute approximate surface area is 460 Å². The largest absolute Gasteiger partial charge is 0.439 e. The number of ether oxygens (including phenoxy) is 1. The molecule has 426 valence electrons. The normalized spacial score (nSPS) is 13.3. The van der Waals surface area contributed by atoms with Gasteiger partial charge in [-0.05, 0) is 101 Å². The lowest BCUT2D eigenvalue weighted by Gasteiger charge is -2.38. The molecule has 79 heavy (non-hydrogen) atoms. The van der Waals surface area contributed by atoms with Gasteiger partial charge in [-0.3, -0.25) is 35.0 Å². The van der Waals surface area contributed by atoms with Crippen LogP contribution >= 0.6 is 46.6 Å². The lowest BCUT2D eigenvalue weighted by Crippen LogP contribution is -2.53. The predicted octanol–water partition coefficient (Wildman–Crippen LogP) is 13.0. The summed E-state index contributed by atoms with van der Waals surface area (Å²) in [5.41, 5.74) is 6.61. The monoisotopic (exact) mass is 1200 g/mol. The van der Waals surface area contributed by atoms with Crippen LogP contribution in [0.5, 0.6) is 5.75 Å². The third kappa shape index (κ3) is 19.7. The van der Waals surface area contributed by atoms with Crippen molar-refractivity contribution in [3.05, 3.63) is 152 Å². The van der Waals surface area contributed by atoms with Gasteiger partial charge in [-0.15, -0.1) is 0 Å². The first kappa shape index (κ1) is 65.7. The molecule has 1 atom stereocenters. The standard InChI is InChI=1S/C17H7Cl2F9N2O3.C16H23N3OS.C14H9ClF2N2O2.CH4N2O/c18-5-4-8(29-15(32)30-13(31)9-6(20)2-1-3-7(9)21)11(22)10(19)12(5)33-17(27,28)14(23)16(24,25)26;1-12(2)19-14(17-16(3,4)5)21-11-18(15(19)20)13-9-7-6-8-10-13;15-8-4-6-9(7-5-8)18-14(21)19-13(20)12-10(16)2-1-3-11(12)17;2-1(3)4/h1-4,14H,(H2,29,30,31,32);6-10,12H,11H2,1-5H3;1-7H,(H2,18,19,20,21);(H4,2,3,4). The second kappa shape index (κ2) is 28.4. The number of amidine groups is 1. The van der Waals surface area contributed by atoms with E-state index in [9.17, 15) is 72.3 Å². The number of nitrogens with two attached hydrogens (primary N) is 2. The number of hydrogen-bond acceptors (Lipinski definition) is 9. The number of alkyl halides is 6. The number of primary amides is 2. The van der Waals surface area contributed by atoms with E-state index in [2.05, 4.69) is 21.5 Å². The number of urea groups is 4. The molecule has 5 aromatic rings. The number of para-hydroxylation sites is 1. The zero-order chi connectivity index (χ0) is 59.9. The fourth-order valence-corrected chi connectivity index (χ4v) is 7.75. The van der Waals surface area contributed by atoms with Crippen LogP contribution in [0.25, 0.3) is 0 Å². The van der Waals surface area contributed by atoms with E-state index >= 15 is 0 Å². The molecular weight excluding hydrogens is 1160 g/mol. The Kier molecular flexibility index (Phi) is 23.6. The van der Waals surface area contributed by atoms with E-state index < -0.39 is 110 Å². The van der Waals surface area contributed by atoms with Gasteiger partial charge in [-0.1, -0.05) is 76.9 Å². The molecule has 0 saturated carbocycles. The summed E-state index contributed by atoms with van der Waals surface area (Å²) in [6.45, 7) is 10.2. The van der Waals surface area contributed by atoms with Gasteiger partial charge in [0.25, 0.3) is 18.0 Å². The van der Waals surface area contributed by atoms with Crippen LogP contribution in [0.15, 0.2) is 102 Å². The van der Waals surface area contributed by atoms with Crippen LogP contribution in [0, 0.1) is 29.1 Å². The number of thioether (sulfide) groups is 1. The fourth-order valence-electron chi connectivity index (χ4n) is 5.82. The number of hydrogen-bond donors (Lipinski definition) is 6. The van der Waals surface area contributed by atoms with Crippen LogP contribution in [0.4, 0.5) is 84.5 Å². The maximum absolute atomic E-state index is 14.3. The highest BCUT2D eigenvalue weighted by Gasteiger charge is 2.59. The van der Waals surface area contributed by atoms with Gasteiger partial charge in [-0.2, -0.15) is 22.0 Å². The van der Waals surface area contributed by atoms with E-state index in [0.29, 0.717) is 34.8 Å². The first-order valence-electron chi connectivity index (χ1n) is 21.8. The lowest BCUT2D eigenvalue weighted by atomic mass is 10.1. The molecule has 1 unspecified atom stereocenters. The molecule has 0 bridgehead atoms. The molecule has 5 aromatic carbocycles. The minimum absolute atomic E-state index is 0.00190. The Balaban J connectivity index is 0.000000311. The zero-order valence-electron chi connectivity index (χ0n) is 41.2. The van der Waals surface area contributed by atoms with E-state index in [1.807, 2.05) is 70.3 Å². The van der Waals surface area contributed by atoms with E-state index in [4.69, 9.17) is 44.6 Å². The third-order valence-corrected chi connectivity index (χ3v) is 10.9. The van der Waals surface area contributed by atoms with Crippen molar-refractivity contribution < 1.29 is 81.8 Å². The van der Waals surface area contributed by atoms with Crippen LogP contribution in [-0.2, 0) is 0 Å². The van der Waals surface area contributed by atoms with Gasteiger partial charge in [-0.25, -0.2) is 45.5 Å². The number of imide groups is 2. The van der Waals surface area contributed by atoms with Gasteiger partial charge in [0, 0.05) is 22.4 Å². The van der Waals surface area contributed by atoms with Gasteiger partial charge in [0.2, 0.25) is 0 Å². The molecule has 0 radical (unpaired) electrons. The molecule has 0 aliphatic carbocycles. The summed E-state index contributed by atoms with van der Waals surface area (Å²) in [6, 6.07) is 18.2. The van der Waals surface area contributed by atoms with Crippen molar-refractivity contribution in [3.8, 4) is 5.75 Å². The number of aliphatic imine (C=N–C) groups is 1. The van der Waals surface area contributed by atoms with Crippen molar-refractivity contribution in [2.75, 3.05) is 21.4 Å². The van der Waals surface area contributed by atoms with Crippen molar-refractivity contribution in [3.63, 3.8) is 0 Å². The Morgan fingerprint density at radius 2 is 1.16 bits per heavy atom. The molecule has 1 aliphatic rings. The van der Waals surface area contributed by atoms with E-state index in [-0.39, 0.29) is 17.6 Å². The lowest BCUT2D eigenvalue weighted by molar-refractivity contribution is -0.304. The van der Waals surface area contributed by atoms with Crippen molar-refractivity contribution in [1.29, 1.82) is 0 Å². The van der Waals surface area contributed by atoms with Crippen LogP contribution in [0.2, 0.25) is 15.1 Å². The first-order chi connectivity index (χ1) is 36.6. The van der Waals surface area contributed by atoms with Crippen LogP contribution in [0.1, 0.15) is 55.3 Å². The van der Waals surface area contributed by atoms with Gasteiger partial charge in [0.15, 0.2) is 16.7 Å². The van der Waals surface area contributed by atoms with E-state index in [1.54, 1.807) is 26.9 Å². The number of anilines is 3. The summed E-state index contributed by atoms with van der Waals surface area (Å²) in [5, 5.41) is 5.92. The minimum atomic E-state index is -6.05. The van der Waals surface area contributed by atoms with Gasteiger partial charge < -0.3 is 26.8 Å². The summed E-state index contributed by atoms with van der Waals surface area (Å²) < 4.78 is 148. The second-order valence-corrected chi connectivity index (χ2v) is 18.8.